The Morgan fingerprint density at radius 1 is 0.694 bits per heavy atom. The Hall–Kier alpha value is -0.990. The van der Waals surface area contributed by atoms with Gasteiger partial charge >= 0.3 is 6.16 Å². The van der Waals surface area contributed by atoms with E-state index in [9.17, 15) is 4.79 Å². The largest absolute Gasteiger partial charge is 0.508 e. The molecule has 0 N–H and O–H groups in total. The molecule has 3 heteroatoms. The molecule has 0 spiro atoms. The van der Waals surface area contributed by atoms with Crippen molar-refractivity contribution >= 4 is 6.16 Å². The highest BCUT2D eigenvalue weighted by Gasteiger charge is 2.59. The van der Waals surface area contributed by atoms with Gasteiger partial charge < -0.3 is 9.47 Å². The molecule has 0 bridgehead atoms. The number of carbonyl (C=O) groups is 1. The summed E-state index contributed by atoms with van der Waals surface area (Å²) in [6.07, 6.45) is 35.2. The molecule has 3 nitrogen and oxygen atoms in total. The second-order valence-corrected chi connectivity index (χ2v) is 19.1. The Kier molecular flexibility index (Phi) is 16.9. The van der Waals surface area contributed by atoms with Crippen molar-refractivity contribution in [3.63, 3.8) is 0 Å². The van der Waals surface area contributed by atoms with Gasteiger partial charge in [-0.1, -0.05) is 163 Å². The highest BCUT2D eigenvalue weighted by Crippen LogP contribution is 2.67. The van der Waals surface area contributed by atoms with Crippen LogP contribution < -0.4 is 0 Å². The lowest BCUT2D eigenvalue weighted by Crippen LogP contribution is -2.51. The van der Waals surface area contributed by atoms with Crippen LogP contribution in [-0.2, 0) is 9.47 Å². The van der Waals surface area contributed by atoms with E-state index in [1.54, 1.807) is 5.57 Å². The van der Waals surface area contributed by atoms with E-state index in [4.69, 9.17) is 9.47 Å². The molecule has 0 amide bonds. The molecule has 4 rings (SSSR count). The number of carbonyl (C=O) groups excluding carboxylic acids is 1. The van der Waals surface area contributed by atoms with Crippen LogP contribution in [0.15, 0.2) is 11.6 Å². The van der Waals surface area contributed by atoms with E-state index in [0.29, 0.717) is 17.4 Å². The van der Waals surface area contributed by atoms with Crippen molar-refractivity contribution in [1.82, 2.24) is 0 Å². The molecular formula is C46H82O3. The molecule has 3 fully saturated rings. The van der Waals surface area contributed by atoms with Crippen LogP contribution in [0.3, 0.4) is 0 Å². The minimum Gasteiger partial charge on any atom is -0.434 e. The molecule has 0 aromatic rings. The van der Waals surface area contributed by atoms with Crippen molar-refractivity contribution in [3.8, 4) is 0 Å². The second kappa shape index (κ2) is 20.3. The smallest absolute Gasteiger partial charge is 0.434 e. The number of unbranched alkanes of at least 4 members (excludes halogenated alkanes) is 12. The summed E-state index contributed by atoms with van der Waals surface area (Å²) in [5.74, 6) is 6.03. The van der Waals surface area contributed by atoms with Gasteiger partial charge in [0.2, 0.25) is 0 Å². The maximum absolute atomic E-state index is 12.6. The van der Waals surface area contributed by atoms with Crippen LogP contribution in [0.5, 0.6) is 0 Å². The third-order valence-electron chi connectivity index (χ3n) is 14.7. The Balaban J connectivity index is 1.07. The van der Waals surface area contributed by atoms with Crippen LogP contribution in [0.1, 0.15) is 209 Å². The normalized spacial score (nSPS) is 31.6. The highest BCUT2D eigenvalue weighted by molar-refractivity contribution is 5.60. The zero-order valence-electron chi connectivity index (χ0n) is 33.8. The highest BCUT2D eigenvalue weighted by atomic mass is 16.7. The molecular weight excluding hydrogens is 601 g/mol. The van der Waals surface area contributed by atoms with E-state index in [1.807, 2.05) is 0 Å². The predicted molar refractivity (Wildman–Crippen MR) is 209 cm³/mol. The molecule has 0 radical (unpaired) electrons. The zero-order valence-corrected chi connectivity index (χ0v) is 33.8. The SMILES string of the molecule is CC(C)CCCCCCCCCCCCCCCOC(=O)O[C@@H]1CC[C@@]2(C)C(=CC[C@@H]3[C@H]2CC[C@]2(C)[C@@H]([C@H](C)CCCC(C)C)CC[C@@H]32)C1. The van der Waals surface area contributed by atoms with Crippen molar-refractivity contribution in [2.24, 2.45) is 52.3 Å². The van der Waals surface area contributed by atoms with E-state index in [0.717, 1.165) is 73.5 Å². The lowest BCUT2D eigenvalue weighted by molar-refractivity contribution is -0.0617. The quantitative estimate of drug-likeness (QED) is 0.0648. The first-order valence-corrected chi connectivity index (χ1v) is 22.1. The molecule has 0 saturated heterocycles. The third kappa shape index (κ3) is 11.8. The molecule has 0 unspecified atom stereocenters. The maximum atomic E-state index is 12.6. The number of hydrogen-bond donors (Lipinski definition) is 0. The number of ether oxygens (including phenoxy) is 2. The van der Waals surface area contributed by atoms with Gasteiger partial charge in [-0.05, 0) is 104 Å². The maximum Gasteiger partial charge on any atom is 0.508 e. The molecule has 0 aromatic carbocycles. The summed E-state index contributed by atoms with van der Waals surface area (Å²) < 4.78 is 11.5. The fourth-order valence-corrected chi connectivity index (χ4v) is 11.7. The third-order valence-corrected chi connectivity index (χ3v) is 14.7. The lowest BCUT2D eigenvalue weighted by atomic mass is 9.47. The Morgan fingerprint density at radius 2 is 1.29 bits per heavy atom. The second-order valence-electron chi connectivity index (χ2n) is 19.1. The summed E-state index contributed by atoms with van der Waals surface area (Å²) in [5, 5.41) is 0. The minimum atomic E-state index is -0.434. The fraction of sp³-hybridized carbons (Fsp3) is 0.935. The first kappa shape index (κ1) is 40.8. The van der Waals surface area contributed by atoms with Gasteiger partial charge in [0.15, 0.2) is 0 Å². The molecule has 49 heavy (non-hydrogen) atoms. The molecule has 284 valence electrons. The predicted octanol–water partition coefficient (Wildman–Crippen LogP) is 14.7. The summed E-state index contributed by atoms with van der Waals surface area (Å²) in [5.41, 5.74) is 2.42. The molecule has 4 aliphatic rings. The van der Waals surface area contributed by atoms with Crippen LogP contribution in [0, 0.1) is 52.3 Å². The zero-order chi connectivity index (χ0) is 35.3. The fourth-order valence-electron chi connectivity index (χ4n) is 11.7. The molecule has 0 heterocycles. The van der Waals surface area contributed by atoms with Gasteiger partial charge in [-0.2, -0.15) is 0 Å². The summed E-state index contributed by atoms with van der Waals surface area (Å²) >= 11 is 0. The van der Waals surface area contributed by atoms with Gasteiger partial charge in [0.1, 0.15) is 6.10 Å². The summed E-state index contributed by atoms with van der Waals surface area (Å²) in [6, 6.07) is 0. The minimum absolute atomic E-state index is 0.00958. The van der Waals surface area contributed by atoms with Gasteiger partial charge in [-0.3, -0.25) is 0 Å². The number of allylic oxidation sites excluding steroid dienone is 1. The first-order valence-electron chi connectivity index (χ1n) is 22.1. The van der Waals surface area contributed by atoms with Crippen LogP contribution in [-0.4, -0.2) is 18.9 Å². The van der Waals surface area contributed by atoms with Crippen molar-refractivity contribution in [2.75, 3.05) is 6.61 Å². The number of fused-ring (bicyclic) bond motifs is 5. The van der Waals surface area contributed by atoms with Gasteiger partial charge in [-0.15, -0.1) is 0 Å². The average Bonchev–Trinajstić information content (AvgIpc) is 3.41. The standard InChI is InChI=1S/C46H82O3/c1-35(2)22-19-17-15-13-11-9-8-10-12-14-16-18-20-33-48-44(47)49-39-29-31-45(6)38(34-39)25-26-40-42-28-27-41(37(5)24-21-23-36(3)4)46(42,7)32-30-43(40)45/h25,35-37,39-43H,8-24,26-34H2,1-7H3/t37-,39-,40+,41-,42+,43-,45+,46-/m1/s1. The van der Waals surface area contributed by atoms with Crippen molar-refractivity contribution < 1.29 is 14.3 Å². The van der Waals surface area contributed by atoms with Crippen molar-refractivity contribution in [2.45, 2.75) is 215 Å². The van der Waals surface area contributed by atoms with Gasteiger partial charge in [0.25, 0.3) is 0 Å². The van der Waals surface area contributed by atoms with E-state index < -0.39 is 6.16 Å². The lowest BCUT2D eigenvalue weighted by Gasteiger charge is -2.58. The molecule has 0 aromatic heterocycles. The summed E-state index contributed by atoms with van der Waals surface area (Å²) in [6.45, 7) is 17.8. The topological polar surface area (TPSA) is 35.5 Å². The van der Waals surface area contributed by atoms with Crippen LogP contribution in [0.2, 0.25) is 0 Å². The number of rotatable bonds is 22. The van der Waals surface area contributed by atoms with Crippen molar-refractivity contribution in [1.29, 1.82) is 0 Å². The Labute approximate surface area is 305 Å². The van der Waals surface area contributed by atoms with E-state index in [-0.39, 0.29) is 6.10 Å². The van der Waals surface area contributed by atoms with E-state index >= 15 is 0 Å². The Bertz CT molecular complexity index is 983. The van der Waals surface area contributed by atoms with Gasteiger partial charge in [0, 0.05) is 6.42 Å². The monoisotopic (exact) mass is 683 g/mol. The number of hydrogen-bond acceptors (Lipinski definition) is 3. The molecule has 0 aliphatic heterocycles. The van der Waals surface area contributed by atoms with Gasteiger partial charge in [-0.25, -0.2) is 4.79 Å². The average molecular weight is 683 g/mol. The summed E-state index contributed by atoms with van der Waals surface area (Å²) in [7, 11) is 0. The molecule has 4 aliphatic carbocycles. The molecule has 8 atom stereocenters. The first-order chi connectivity index (χ1) is 23.5. The van der Waals surface area contributed by atoms with Crippen LogP contribution in [0.4, 0.5) is 4.79 Å². The Morgan fingerprint density at radius 3 is 1.92 bits per heavy atom. The summed E-state index contributed by atoms with van der Waals surface area (Å²) in [4.78, 5) is 12.6. The van der Waals surface area contributed by atoms with Crippen LogP contribution in [0.25, 0.3) is 0 Å². The van der Waals surface area contributed by atoms with E-state index in [2.05, 4.69) is 54.5 Å². The molecule has 3 saturated carbocycles. The van der Waals surface area contributed by atoms with Crippen LogP contribution >= 0.6 is 0 Å². The van der Waals surface area contributed by atoms with E-state index in [1.165, 1.54) is 128 Å². The van der Waals surface area contributed by atoms with Crippen molar-refractivity contribution in [3.05, 3.63) is 11.6 Å². The van der Waals surface area contributed by atoms with Gasteiger partial charge in [0.05, 0.1) is 6.61 Å².